The number of hydrogen-bond donors (Lipinski definition) is 0. The van der Waals surface area contributed by atoms with E-state index in [-0.39, 0.29) is 13.2 Å². The summed E-state index contributed by atoms with van der Waals surface area (Å²) in [7, 11) is 6.12. The second kappa shape index (κ2) is 14.5. The minimum absolute atomic E-state index is 0.0804. The third-order valence-electron chi connectivity index (χ3n) is 5.80. The molecule has 0 heterocycles. The van der Waals surface area contributed by atoms with E-state index in [0.717, 1.165) is 0 Å². The molecule has 0 fully saturated rings. The highest BCUT2D eigenvalue weighted by Gasteiger charge is 2.31. The van der Waals surface area contributed by atoms with Crippen LogP contribution >= 0.6 is 0 Å². The minimum atomic E-state index is -0.844. The molecule has 0 aliphatic carbocycles. The van der Waals surface area contributed by atoms with Gasteiger partial charge in [-0.2, -0.15) is 0 Å². The predicted molar refractivity (Wildman–Crippen MR) is 145 cm³/mol. The Labute approximate surface area is 233 Å². The van der Waals surface area contributed by atoms with E-state index >= 15 is 0 Å². The molecule has 0 aromatic heterocycles. The molecule has 3 aromatic rings. The Morgan fingerprint density at radius 1 is 0.625 bits per heavy atom. The van der Waals surface area contributed by atoms with Crippen LogP contribution in [0.15, 0.2) is 60.7 Å². The van der Waals surface area contributed by atoms with E-state index in [2.05, 4.69) is 0 Å². The molecule has 0 saturated heterocycles. The van der Waals surface area contributed by atoms with E-state index in [1.165, 1.54) is 35.2 Å². The first-order valence-corrected chi connectivity index (χ1v) is 12.4. The second-order valence-corrected chi connectivity index (χ2v) is 8.53. The first-order chi connectivity index (χ1) is 19.3. The van der Waals surface area contributed by atoms with Crippen LogP contribution in [0.1, 0.15) is 31.1 Å². The number of carbonyl (C=O) groups excluding carboxylic acids is 2. The van der Waals surface area contributed by atoms with Crippen molar-refractivity contribution < 1.29 is 47.5 Å². The fraction of sp³-hybridized carbons (Fsp3) is 0.333. The van der Waals surface area contributed by atoms with Gasteiger partial charge in [-0.25, -0.2) is 0 Å². The quantitative estimate of drug-likeness (QED) is 0.255. The smallest absolute Gasteiger partial charge is 0.302 e. The number of esters is 2. The van der Waals surface area contributed by atoms with Gasteiger partial charge in [0, 0.05) is 19.4 Å². The van der Waals surface area contributed by atoms with Crippen molar-refractivity contribution in [1.82, 2.24) is 0 Å². The molecule has 0 spiro atoms. The maximum absolute atomic E-state index is 11.8. The first-order valence-electron chi connectivity index (χ1n) is 12.4. The van der Waals surface area contributed by atoms with E-state index in [0.29, 0.717) is 45.6 Å². The summed E-state index contributed by atoms with van der Waals surface area (Å²) in [6, 6.07) is 17.6. The fourth-order valence-corrected chi connectivity index (χ4v) is 3.87. The maximum Gasteiger partial charge on any atom is 0.302 e. The zero-order chi connectivity index (χ0) is 29.1. The van der Waals surface area contributed by atoms with Gasteiger partial charge in [-0.15, -0.1) is 0 Å². The number of para-hydroxylation sites is 2. The molecule has 0 amide bonds. The highest BCUT2D eigenvalue weighted by atomic mass is 16.6. The van der Waals surface area contributed by atoms with E-state index in [1.54, 1.807) is 61.7 Å². The van der Waals surface area contributed by atoms with Gasteiger partial charge in [0.2, 0.25) is 0 Å². The van der Waals surface area contributed by atoms with Gasteiger partial charge >= 0.3 is 11.9 Å². The van der Waals surface area contributed by atoms with Crippen LogP contribution in [0.4, 0.5) is 0 Å². The summed E-state index contributed by atoms with van der Waals surface area (Å²) >= 11 is 0. The first kappa shape index (κ1) is 29.9. The zero-order valence-corrected chi connectivity index (χ0v) is 23.4. The molecule has 3 rings (SSSR count). The zero-order valence-electron chi connectivity index (χ0n) is 23.4. The molecular formula is C30H34O10. The predicted octanol–water partition coefficient (Wildman–Crippen LogP) is 4.91. The lowest BCUT2D eigenvalue weighted by atomic mass is 10.0. The third kappa shape index (κ3) is 7.95. The number of hydrogen-bond acceptors (Lipinski definition) is 10. The van der Waals surface area contributed by atoms with Gasteiger partial charge in [-0.05, 0) is 42.0 Å². The molecule has 0 unspecified atom stereocenters. The maximum atomic E-state index is 11.8. The van der Waals surface area contributed by atoms with Crippen LogP contribution in [-0.2, 0) is 25.7 Å². The van der Waals surface area contributed by atoms with Gasteiger partial charge in [0.25, 0.3) is 0 Å². The van der Waals surface area contributed by atoms with Crippen LogP contribution in [0.2, 0.25) is 0 Å². The Hall–Kier alpha value is -4.60. The van der Waals surface area contributed by atoms with Crippen molar-refractivity contribution in [2.45, 2.75) is 32.7 Å². The Morgan fingerprint density at radius 3 is 1.80 bits per heavy atom. The Bertz CT molecular complexity index is 1290. The monoisotopic (exact) mass is 554 g/mol. The van der Waals surface area contributed by atoms with Crippen molar-refractivity contribution in [3.63, 3.8) is 0 Å². The number of rotatable bonds is 14. The number of benzene rings is 3. The van der Waals surface area contributed by atoms with E-state index in [9.17, 15) is 9.59 Å². The molecule has 0 radical (unpaired) electrons. The SMILES string of the molecule is COc1ccc([C@@H](Oc2ccc(COC(C)=O)cc2OC)[C@@H](COC(C)=O)Oc2ccccc2OC)cc1OC. The van der Waals surface area contributed by atoms with Gasteiger partial charge in [-0.3, -0.25) is 9.59 Å². The van der Waals surface area contributed by atoms with Crippen molar-refractivity contribution in [1.29, 1.82) is 0 Å². The standard InChI is InChI=1S/C30H34O10/c1-19(31)37-17-21-11-13-26(27(15-21)35-5)40-30(22-12-14-24(34-4)28(16-22)36-6)29(18-38-20(2)32)39-25-10-8-7-9-23(25)33-3/h7-16,29-30H,17-18H2,1-6H3/t29-,30-/m1/s1. The molecule has 10 nitrogen and oxygen atoms in total. The molecule has 214 valence electrons. The lowest BCUT2D eigenvalue weighted by molar-refractivity contribution is -0.145. The summed E-state index contributed by atoms with van der Waals surface area (Å²) in [6.45, 7) is 2.60. The van der Waals surface area contributed by atoms with Gasteiger partial charge in [0.05, 0.1) is 28.4 Å². The summed E-state index contributed by atoms with van der Waals surface area (Å²) in [6.07, 6.45) is -1.68. The highest BCUT2D eigenvalue weighted by molar-refractivity contribution is 5.66. The fourth-order valence-electron chi connectivity index (χ4n) is 3.87. The van der Waals surface area contributed by atoms with Crippen LogP contribution in [0, 0.1) is 0 Å². The van der Waals surface area contributed by atoms with Crippen molar-refractivity contribution in [3.8, 4) is 34.5 Å². The number of methoxy groups -OCH3 is 4. The van der Waals surface area contributed by atoms with Crippen molar-refractivity contribution >= 4 is 11.9 Å². The largest absolute Gasteiger partial charge is 0.493 e. The van der Waals surface area contributed by atoms with E-state index < -0.39 is 24.1 Å². The number of ether oxygens (including phenoxy) is 8. The van der Waals surface area contributed by atoms with Gasteiger partial charge in [0.15, 0.2) is 46.7 Å². The molecule has 0 aliphatic rings. The summed E-state index contributed by atoms with van der Waals surface area (Å²) in [4.78, 5) is 23.1. The van der Waals surface area contributed by atoms with E-state index in [4.69, 9.17) is 37.9 Å². The molecule has 40 heavy (non-hydrogen) atoms. The van der Waals surface area contributed by atoms with Crippen molar-refractivity contribution in [2.75, 3.05) is 35.0 Å². The lowest BCUT2D eigenvalue weighted by Crippen LogP contribution is -2.34. The molecule has 0 N–H and O–H groups in total. The summed E-state index contributed by atoms with van der Waals surface area (Å²) in [5.74, 6) is 1.83. The average Bonchev–Trinajstić information content (AvgIpc) is 2.97. The molecule has 10 heteroatoms. The molecule has 0 saturated carbocycles. The molecule has 0 bridgehead atoms. The van der Waals surface area contributed by atoms with Crippen LogP contribution in [0.3, 0.4) is 0 Å². The lowest BCUT2D eigenvalue weighted by Gasteiger charge is -2.30. The van der Waals surface area contributed by atoms with Crippen LogP contribution in [-0.4, -0.2) is 53.1 Å². The molecule has 2 atom stereocenters. The van der Waals surface area contributed by atoms with Crippen molar-refractivity contribution in [2.24, 2.45) is 0 Å². The van der Waals surface area contributed by atoms with E-state index in [1.807, 2.05) is 6.07 Å². The Balaban J connectivity index is 2.09. The topological polar surface area (TPSA) is 108 Å². The van der Waals surface area contributed by atoms with Gasteiger partial charge in [0.1, 0.15) is 13.2 Å². The summed E-state index contributed by atoms with van der Waals surface area (Å²) in [5.41, 5.74) is 1.36. The normalized spacial score (nSPS) is 11.9. The Kier molecular flexibility index (Phi) is 10.9. The van der Waals surface area contributed by atoms with Gasteiger partial charge in [-0.1, -0.05) is 24.3 Å². The van der Waals surface area contributed by atoms with Crippen molar-refractivity contribution in [3.05, 3.63) is 71.8 Å². The summed E-state index contributed by atoms with van der Waals surface area (Å²) < 4.78 is 45.4. The molecule has 3 aromatic carbocycles. The van der Waals surface area contributed by atoms with Crippen LogP contribution < -0.4 is 28.4 Å². The van der Waals surface area contributed by atoms with Gasteiger partial charge < -0.3 is 37.9 Å². The molecule has 0 aliphatic heterocycles. The second-order valence-electron chi connectivity index (χ2n) is 8.53. The Morgan fingerprint density at radius 2 is 1.18 bits per heavy atom. The third-order valence-corrected chi connectivity index (χ3v) is 5.80. The average molecular weight is 555 g/mol. The minimum Gasteiger partial charge on any atom is -0.493 e. The van der Waals surface area contributed by atoms with Crippen LogP contribution in [0.25, 0.3) is 0 Å². The number of carbonyl (C=O) groups is 2. The molecular weight excluding hydrogens is 520 g/mol. The van der Waals surface area contributed by atoms with Crippen LogP contribution in [0.5, 0.6) is 34.5 Å². The highest BCUT2D eigenvalue weighted by Crippen LogP contribution is 2.39. The summed E-state index contributed by atoms with van der Waals surface area (Å²) in [5, 5.41) is 0.